The Balaban J connectivity index is 2.89. The summed E-state index contributed by atoms with van der Waals surface area (Å²) in [5.41, 5.74) is 2.16. The molecule has 0 radical (unpaired) electrons. The molecule has 22 heavy (non-hydrogen) atoms. The average Bonchev–Trinajstić information content (AvgIpc) is 2.51. The molecule has 0 aromatic heterocycles. The molecule has 122 valence electrons. The molecule has 0 saturated carbocycles. The number of oxime groups is 1. The SMILES string of the molecule is CCc1cc(OCC=C(Cl)Cl)cc(CC)c1OCC/C=N/O. The van der Waals surface area contributed by atoms with Gasteiger partial charge in [0.25, 0.3) is 0 Å². The number of rotatable bonds is 9. The third kappa shape index (κ3) is 6.16. The number of ether oxygens (including phenoxy) is 2. The van der Waals surface area contributed by atoms with Gasteiger partial charge in [-0.15, -0.1) is 5.16 Å². The molecular formula is C16H21Cl2NO3. The van der Waals surface area contributed by atoms with Gasteiger partial charge in [-0.1, -0.05) is 37.0 Å². The second-order valence-electron chi connectivity index (χ2n) is 4.52. The lowest BCUT2D eigenvalue weighted by atomic mass is 10.0. The van der Waals surface area contributed by atoms with E-state index in [2.05, 4.69) is 19.0 Å². The first-order valence-electron chi connectivity index (χ1n) is 7.20. The summed E-state index contributed by atoms with van der Waals surface area (Å²) >= 11 is 11.1. The highest BCUT2D eigenvalue weighted by atomic mass is 35.5. The first-order valence-corrected chi connectivity index (χ1v) is 7.96. The fraction of sp³-hybridized carbons (Fsp3) is 0.438. The van der Waals surface area contributed by atoms with Gasteiger partial charge in [0.1, 0.15) is 22.6 Å². The molecule has 1 rings (SSSR count). The lowest BCUT2D eigenvalue weighted by Gasteiger charge is -2.16. The van der Waals surface area contributed by atoms with Crippen LogP contribution in [-0.2, 0) is 12.8 Å². The topological polar surface area (TPSA) is 51.0 Å². The quantitative estimate of drug-likeness (QED) is 0.304. The molecule has 1 N–H and O–H groups in total. The summed E-state index contributed by atoms with van der Waals surface area (Å²) in [6.07, 6.45) is 5.23. The number of halogens is 2. The third-order valence-electron chi connectivity index (χ3n) is 3.04. The Hall–Kier alpha value is -1.39. The van der Waals surface area contributed by atoms with Crippen molar-refractivity contribution in [1.29, 1.82) is 0 Å². The van der Waals surface area contributed by atoms with E-state index in [1.807, 2.05) is 12.1 Å². The fourth-order valence-electron chi connectivity index (χ4n) is 1.99. The zero-order valence-electron chi connectivity index (χ0n) is 12.8. The van der Waals surface area contributed by atoms with Crippen LogP contribution in [0.2, 0.25) is 0 Å². The highest BCUT2D eigenvalue weighted by molar-refractivity contribution is 6.55. The summed E-state index contributed by atoms with van der Waals surface area (Å²) in [4.78, 5) is 0. The molecule has 0 aliphatic rings. The van der Waals surface area contributed by atoms with Gasteiger partial charge in [0, 0.05) is 12.6 Å². The molecule has 0 fully saturated rings. The molecule has 4 nitrogen and oxygen atoms in total. The van der Waals surface area contributed by atoms with Gasteiger partial charge in [0.05, 0.1) is 6.61 Å². The Kier molecular flexibility index (Phi) is 8.78. The van der Waals surface area contributed by atoms with Gasteiger partial charge in [-0.2, -0.15) is 0 Å². The second kappa shape index (κ2) is 10.4. The molecule has 0 heterocycles. The van der Waals surface area contributed by atoms with Crippen LogP contribution in [0.25, 0.3) is 0 Å². The van der Waals surface area contributed by atoms with Gasteiger partial charge >= 0.3 is 0 Å². The van der Waals surface area contributed by atoms with Gasteiger partial charge in [-0.05, 0) is 42.2 Å². The van der Waals surface area contributed by atoms with E-state index in [0.717, 1.165) is 35.5 Å². The van der Waals surface area contributed by atoms with Crippen molar-refractivity contribution in [2.75, 3.05) is 13.2 Å². The van der Waals surface area contributed by atoms with Crippen LogP contribution in [-0.4, -0.2) is 24.6 Å². The first kappa shape index (κ1) is 18.7. The van der Waals surface area contributed by atoms with E-state index >= 15 is 0 Å². The van der Waals surface area contributed by atoms with Crippen LogP contribution >= 0.6 is 23.2 Å². The van der Waals surface area contributed by atoms with Crippen LogP contribution in [0.1, 0.15) is 31.4 Å². The predicted molar refractivity (Wildman–Crippen MR) is 90.9 cm³/mol. The molecule has 6 heteroatoms. The maximum Gasteiger partial charge on any atom is 0.125 e. The van der Waals surface area contributed by atoms with Crippen molar-refractivity contribution in [3.8, 4) is 11.5 Å². The molecule has 0 aliphatic carbocycles. The van der Waals surface area contributed by atoms with Crippen LogP contribution in [0.15, 0.2) is 27.9 Å². The monoisotopic (exact) mass is 345 g/mol. The molecule has 0 amide bonds. The Morgan fingerprint density at radius 2 is 1.82 bits per heavy atom. The Bertz CT molecular complexity index is 501. The summed E-state index contributed by atoms with van der Waals surface area (Å²) in [6, 6.07) is 3.93. The normalized spacial score (nSPS) is 10.7. The van der Waals surface area contributed by atoms with E-state index in [4.69, 9.17) is 37.9 Å². The summed E-state index contributed by atoms with van der Waals surface area (Å²) in [6.45, 7) is 4.92. The van der Waals surface area contributed by atoms with E-state index in [0.29, 0.717) is 19.6 Å². The summed E-state index contributed by atoms with van der Waals surface area (Å²) in [5.74, 6) is 1.65. The molecule has 0 unspecified atom stereocenters. The maximum absolute atomic E-state index is 8.40. The van der Waals surface area contributed by atoms with Gasteiger partial charge in [0.15, 0.2) is 0 Å². The van der Waals surface area contributed by atoms with E-state index in [-0.39, 0.29) is 4.49 Å². The van der Waals surface area contributed by atoms with Crippen LogP contribution < -0.4 is 9.47 Å². The standard InChI is InChI=1S/C16H21Cl2NO3/c1-3-12-10-14(21-9-6-15(17)18)11-13(4-2)16(12)22-8-5-7-19-20/h6-7,10-11,20H,3-5,8-9H2,1-2H3/b19-7+. The molecule has 0 saturated heterocycles. The van der Waals surface area contributed by atoms with E-state index < -0.39 is 0 Å². The van der Waals surface area contributed by atoms with E-state index in [9.17, 15) is 0 Å². The summed E-state index contributed by atoms with van der Waals surface area (Å²) in [5, 5.41) is 11.4. The number of nitrogens with zero attached hydrogens (tertiary/aromatic N) is 1. The third-order valence-corrected chi connectivity index (χ3v) is 3.35. The van der Waals surface area contributed by atoms with E-state index in [1.165, 1.54) is 6.21 Å². The Labute approximate surface area is 141 Å². The van der Waals surface area contributed by atoms with Crippen LogP contribution in [0.5, 0.6) is 11.5 Å². The van der Waals surface area contributed by atoms with Crippen molar-refractivity contribution < 1.29 is 14.7 Å². The zero-order chi connectivity index (χ0) is 16.4. The van der Waals surface area contributed by atoms with Crippen molar-refractivity contribution in [2.24, 2.45) is 5.16 Å². The van der Waals surface area contributed by atoms with Crippen molar-refractivity contribution in [3.05, 3.63) is 33.8 Å². The first-order chi connectivity index (χ1) is 10.6. The van der Waals surface area contributed by atoms with Gasteiger partial charge in [-0.3, -0.25) is 0 Å². The second-order valence-corrected chi connectivity index (χ2v) is 5.53. The molecule has 0 atom stereocenters. The Morgan fingerprint density at radius 1 is 1.18 bits per heavy atom. The van der Waals surface area contributed by atoms with Gasteiger partial charge in [-0.25, -0.2) is 0 Å². The molecule has 0 aliphatic heterocycles. The van der Waals surface area contributed by atoms with Crippen LogP contribution in [0, 0.1) is 0 Å². The highest BCUT2D eigenvalue weighted by Crippen LogP contribution is 2.31. The van der Waals surface area contributed by atoms with Crippen molar-refractivity contribution in [3.63, 3.8) is 0 Å². The number of benzene rings is 1. The average molecular weight is 346 g/mol. The largest absolute Gasteiger partial charge is 0.493 e. The van der Waals surface area contributed by atoms with Crippen LogP contribution in [0.3, 0.4) is 0 Å². The number of hydrogen-bond acceptors (Lipinski definition) is 4. The molecule has 1 aromatic carbocycles. The smallest absolute Gasteiger partial charge is 0.125 e. The van der Waals surface area contributed by atoms with Gasteiger partial charge < -0.3 is 14.7 Å². The van der Waals surface area contributed by atoms with E-state index in [1.54, 1.807) is 6.08 Å². The minimum atomic E-state index is 0.192. The zero-order valence-corrected chi connectivity index (χ0v) is 14.3. The van der Waals surface area contributed by atoms with Crippen molar-refractivity contribution in [2.45, 2.75) is 33.1 Å². The summed E-state index contributed by atoms with van der Waals surface area (Å²) < 4.78 is 11.7. The highest BCUT2D eigenvalue weighted by Gasteiger charge is 2.11. The molecule has 1 aromatic rings. The number of aryl methyl sites for hydroxylation is 2. The lowest BCUT2D eigenvalue weighted by molar-refractivity contribution is 0.307. The van der Waals surface area contributed by atoms with Gasteiger partial charge in [0.2, 0.25) is 0 Å². The lowest BCUT2D eigenvalue weighted by Crippen LogP contribution is -2.05. The fourth-order valence-corrected chi connectivity index (χ4v) is 2.11. The molecular weight excluding hydrogens is 325 g/mol. The minimum absolute atomic E-state index is 0.192. The molecule has 0 spiro atoms. The summed E-state index contributed by atoms with van der Waals surface area (Å²) in [7, 11) is 0. The van der Waals surface area contributed by atoms with Crippen LogP contribution in [0.4, 0.5) is 0 Å². The number of hydrogen-bond donors (Lipinski definition) is 1. The van der Waals surface area contributed by atoms with Crippen molar-refractivity contribution in [1.82, 2.24) is 0 Å². The maximum atomic E-state index is 8.40. The predicted octanol–water partition coefficient (Wildman–Crippen LogP) is 4.74. The minimum Gasteiger partial charge on any atom is -0.493 e. The molecule has 0 bridgehead atoms. The van der Waals surface area contributed by atoms with Crippen molar-refractivity contribution >= 4 is 29.4 Å². The Morgan fingerprint density at radius 3 is 2.32 bits per heavy atom.